The Labute approximate surface area is 229 Å². The quantitative estimate of drug-likeness (QED) is 0.227. The molecule has 2 heterocycles. The summed E-state index contributed by atoms with van der Waals surface area (Å²) in [6, 6.07) is 19.5. The smallest absolute Gasteiger partial charge is 0.406 e. The highest BCUT2D eigenvalue weighted by Crippen LogP contribution is 2.33. The Bertz CT molecular complexity index is 1390. The second kappa shape index (κ2) is 11.0. The van der Waals surface area contributed by atoms with Crippen molar-refractivity contribution in [1.29, 1.82) is 0 Å². The van der Waals surface area contributed by atoms with E-state index in [1.165, 1.54) is 12.7 Å². The van der Waals surface area contributed by atoms with Crippen molar-refractivity contribution < 1.29 is 14.5 Å². The molecule has 1 amide bonds. The fourth-order valence-corrected chi connectivity index (χ4v) is 4.70. The molecule has 204 valence electrons. The zero-order valence-electron chi connectivity index (χ0n) is 23.5. The van der Waals surface area contributed by atoms with E-state index in [2.05, 4.69) is 50.0 Å². The van der Waals surface area contributed by atoms with Gasteiger partial charge in [0.25, 0.3) is 5.91 Å². The second-order valence-corrected chi connectivity index (χ2v) is 11.5. The van der Waals surface area contributed by atoms with E-state index in [4.69, 9.17) is 9.84 Å². The van der Waals surface area contributed by atoms with Gasteiger partial charge in [-0.15, -0.1) is 0 Å². The molecule has 0 saturated carbocycles. The number of aromatic nitrogens is 1. The lowest BCUT2D eigenvalue weighted by atomic mass is 9.84. The number of benzene rings is 2. The van der Waals surface area contributed by atoms with Crippen molar-refractivity contribution in [1.82, 2.24) is 9.99 Å². The average Bonchev–Trinajstić information content (AvgIpc) is 3.11. The standard InChI is InChI=1S/C31H36N4O4/c1-30(2,3)24-16-12-22(13-17-24)20-34-29(36)31(4,5)27(33-34)9-7-8-21-10-14-23(15-11-21)25-18-19-26(39-6)28(32-25)35(37)38/h10-19H,7-9,20H2,1-6H3. The molecular weight excluding hydrogens is 492 g/mol. The summed E-state index contributed by atoms with van der Waals surface area (Å²) in [4.78, 5) is 28.0. The largest absolute Gasteiger partial charge is 0.489 e. The van der Waals surface area contributed by atoms with E-state index in [9.17, 15) is 14.9 Å². The molecule has 0 aliphatic carbocycles. The number of aryl methyl sites for hydroxylation is 1. The molecule has 1 aromatic heterocycles. The van der Waals surface area contributed by atoms with Crippen LogP contribution < -0.4 is 4.74 Å². The van der Waals surface area contributed by atoms with E-state index < -0.39 is 10.3 Å². The summed E-state index contributed by atoms with van der Waals surface area (Å²) in [5.74, 6) is -0.138. The lowest BCUT2D eigenvalue weighted by Gasteiger charge is -2.21. The number of ether oxygens (including phenoxy) is 1. The van der Waals surface area contributed by atoms with E-state index in [0.29, 0.717) is 12.2 Å². The number of amides is 1. The van der Waals surface area contributed by atoms with Crippen molar-refractivity contribution in [3.63, 3.8) is 0 Å². The lowest BCUT2D eigenvalue weighted by molar-refractivity contribution is -0.390. The first-order chi connectivity index (χ1) is 18.4. The molecule has 0 N–H and O–H groups in total. The summed E-state index contributed by atoms with van der Waals surface area (Å²) < 4.78 is 5.04. The van der Waals surface area contributed by atoms with Crippen LogP contribution in [0.4, 0.5) is 5.82 Å². The number of hydrogen-bond donors (Lipinski definition) is 0. The van der Waals surface area contributed by atoms with Gasteiger partial charge in [0.1, 0.15) is 0 Å². The van der Waals surface area contributed by atoms with E-state index in [0.717, 1.165) is 41.7 Å². The Balaban J connectivity index is 1.38. The first-order valence-corrected chi connectivity index (χ1v) is 13.2. The van der Waals surface area contributed by atoms with Crippen LogP contribution in [0.2, 0.25) is 0 Å². The fraction of sp³-hybridized carbons (Fsp3) is 0.387. The summed E-state index contributed by atoms with van der Waals surface area (Å²) in [6.45, 7) is 10.9. The molecule has 8 heteroatoms. The number of methoxy groups -OCH3 is 1. The number of nitrogens with zero attached hydrogens (tertiary/aromatic N) is 4. The van der Waals surface area contributed by atoms with Crippen molar-refractivity contribution in [3.8, 4) is 17.0 Å². The molecule has 1 aliphatic heterocycles. The van der Waals surface area contributed by atoms with Crippen molar-refractivity contribution in [2.45, 2.75) is 65.8 Å². The summed E-state index contributed by atoms with van der Waals surface area (Å²) in [7, 11) is 1.38. The predicted octanol–water partition coefficient (Wildman–Crippen LogP) is 6.71. The van der Waals surface area contributed by atoms with Crippen LogP contribution in [0, 0.1) is 15.5 Å². The van der Waals surface area contributed by atoms with Gasteiger partial charge in [0.15, 0.2) is 5.69 Å². The molecule has 0 bridgehead atoms. The highest BCUT2D eigenvalue weighted by atomic mass is 16.6. The van der Waals surface area contributed by atoms with Gasteiger partial charge in [0.05, 0.1) is 24.8 Å². The first-order valence-electron chi connectivity index (χ1n) is 13.2. The molecule has 1 aliphatic rings. The van der Waals surface area contributed by atoms with Crippen molar-refractivity contribution in [2.75, 3.05) is 7.11 Å². The van der Waals surface area contributed by atoms with Gasteiger partial charge < -0.3 is 14.9 Å². The minimum absolute atomic E-state index is 0.0304. The number of hydrazone groups is 1. The zero-order chi connectivity index (χ0) is 28.4. The van der Waals surface area contributed by atoms with Crippen LogP contribution in [0.3, 0.4) is 0 Å². The molecular formula is C31H36N4O4. The van der Waals surface area contributed by atoms with Gasteiger partial charge in [0.2, 0.25) is 5.75 Å². The van der Waals surface area contributed by atoms with Gasteiger partial charge in [-0.25, -0.2) is 5.01 Å². The molecule has 0 spiro atoms. The monoisotopic (exact) mass is 528 g/mol. The van der Waals surface area contributed by atoms with E-state index in [-0.39, 0.29) is 22.9 Å². The third kappa shape index (κ3) is 6.16. The van der Waals surface area contributed by atoms with E-state index in [1.54, 1.807) is 17.1 Å². The lowest BCUT2D eigenvalue weighted by Crippen LogP contribution is -2.34. The predicted molar refractivity (Wildman–Crippen MR) is 153 cm³/mol. The van der Waals surface area contributed by atoms with Gasteiger partial charge >= 0.3 is 5.82 Å². The molecule has 8 nitrogen and oxygen atoms in total. The summed E-state index contributed by atoms with van der Waals surface area (Å²) in [5.41, 5.74) is 5.15. The van der Waals surface area contributed by atoms with Crippen molar-refractivity contribution >= 4 is 17.4 Å². The van der Waals surface area contributed by atoms with Crippen molar-refractivity contribution in [3.05, 3.63) is 87.5 Å². The van der Waals surface area contributed by atoms with E-state index >= 15 is 0 Å². The fourth-order valence-electron chi connectivity index (χ4n) is 4.70. The number of hydrogen-bond acceptors (Lipinski definition) is 6. The maximum atomic E-state index is 13.1. The van der Waals surface area contributed by atoms with Crippen molar-refractivity contribution in [2.24, 2.45) is 10.5 Å². The van der Waals surface area contributed by atoms with Gasteiger partial charge in [-0.2, -0.15) is 5.10 Å². The third-order valence-electron chi connectivity index (χ3n) is 7.25. The molecule has 4 rings (SSSR count). The highest BCUT2D eigenvalue weighted by Gasteiger charge is 2.42. The van der Waals surface area contributed by atoms with Gasteiger partial charge in [-0.05, 0) is 77.3 Å². The molecule has 2 aromatic carbocycles. The van der Waals surface area contributed by atoms with Crippen LogP contribution in [0.25, 0.3) is 11.3 Å². The topological polar surface area (TPSA) is 97.9 Å². The Hall–Kier alpha value is -4.07. The minimum Gasteiger partial charge on any atom is -0.489 e. The Morgan fingerprint density at radius 1 is 0.949 bits per heavy atom. The van der Waals surface area contributed by atoms with Crippen LogP contribution in [0.1, 0.15) is 64.2 Å². The Morgan fingerprint density at radius 3 is 2.18 bits per heavy atom. The summed E-state index contributed by atoms with van der Waals surface area (Å²) in [5, 5.41) is 17.6. The number of carbonyl (C=O) groups is 1. The number of pyridine rings is 1. The third-order valence-corrected chi connectivity index (χ3v) is 7.25. The molecule has 3 aromatic rings. The van der Waals surface area contributed by atoms with Gasteiger partial charge in [-0.1, -0.05) is 69.3 Å². The van der Waals surface area contributed by atoms with E-state index in [1.807, 2.05) is 38.1 Å². The first kappa shape index (κ1) is 28.0. The molecule has 0 fully saturated rings. The van der Waals surface area contributed by atoms with Crippen LogP contribution >= 0.6 is 0 Å². The number of rotatable bonds is 9. The molecule has 0 saturated heterocycles. The van der Waals surface area contributed by atoms with Gasteiger partial charge in [0, 0.05) is 5.56 Å². The number of nitro groups is 1. The summed E-state index contributed by atoms with van der Waals surface area (Å²) in [6.07, 6.45) is 2.41. The van der Waals surface area contributed by atoms with Crippen LogP contribution in [-0.4, -0.2) is 33.6 Å². The average molecular weight is 529 g/mol. The number of carbonyl (C=O) groups excluding carboxylic acids is 1. The molecule has 0 unspecified atom stereocenters. The Morgan fingerprint density at radius 2 is 1.59 bits per heavy atom. The van der Waals surface area contributed by atoms with Gasteiger partial charge in [-0.3, -0.25) is 4.79 Å². The maximum Gasteiger partial charge on any atom is 0.406 e. The van der Waals surface area contributed by atoms with Crippen LogP contribution in [0.5, 0.6) is 5.75 Å². The van der Waals surface area contributed by atoms with Crippen LogP contribution in [0.15, 0.2) is 65.8 Å². The summed E-state index contributed by atoms with van der Waals surface area (Å²) >= 11 is 0. The maximum absolute atomic E-state index is 13.1. The minimum atomic E-state index is -0.621. The molecule has 0 radical (unpaired) electrons. The van der Waals surface area contributed by atoms with Crippen LogP contribution in [-0.2, 0) is 23.2 Å². The SMILES string of the molecule is COc1ccc(-c2ccc(CCCC3=NN(Cc4ccc(C(C)(C)C)cc4)C(=O)C3(C)C)cc2)nc1[N+](=O)[O-]. The molecule has 0 atom stereocenters. The normalized spacial score (nSPS) is 14.9. The highest BCUT2D eigenvalue weighted by molar-refractivity contribution is 6.11. The zero-order valence-corrected chi connectivity index (χ0v) is 23.5. The molecule has 39 heavy (non-hydrogen) atoms. The Kier molecular flexibility index (Phi) is 7.86. The second-order valence-electron chi connectivity index (χ2n) is 11.5.